The molecule has 0 bridgehead atoms. The predicted molar refractivity (Wildman–Crippen MR) is 49.9 cm³/mol. The third-order valence-electron chi connectivity index (χ3n) is 1.61. The first-order valence-corrected chi connectivity index (χ1v) is 4.28. The van der Waals surface area contributed by atoms with E-state index in [1.54, 1.807) is 6.08 Å². The van der Waals surface area contributed by atoms with Crippen molar-refractivity contribution in [1.82, 2.24) is 0 Å². The fourth-order valence-corrected chi connectivity index (χ4v) is 0.752. The van der Waals surface area contributed by atoms with Gasteiger partial charge in [0.25, 0.3) is 0 Å². The quantitative estimate of drug-likeness (QED) is 0.657. The van der Waals surface area contributed by atoms with Gasteiger partial charge in [-0.25, -0.2) is 0 Å². The Bertz CT molecular complexity index is 175. The average Bonchev–Trinajstić information content (AvgIpc) is 1.97. The Labute approximate surface area is 74.3 Å². The minimum absolute atomic E-state index is 0.204. The van der Waals surface area contributed by atoms with E-state index in [4.69, 9.17) is 0 Å². The van der Waals surface area contributed by atoms with Crippen molar-refractivity contribution >= 4 is 5.78 Å². The average molecular weight is 170 g/mol. The van der Waals surface area contributed by atoms with Gasteiger partial charge in [0.2, 0.25) is 0 Å². The molecule has 1 N–H and O–H groups in total. The molecule has 0 spiro atoms. The summed E-state index contributed by atoms with van der Waals surface area (Å²) in [6.07, 6.45) is 3.15. The van der Waals surface area contributed by atoms with Crippen LogP contribution in [0.2, 0.25) is 0 Å². The van der Waals surface area contributed by atoms with Gasteiger partial charge >= 0.3 is 0 Å². The molecule has 0 amide bonds. The van der Waals surface area contributed by atoms with E-state index >= 15 is 0 Å². The van der Waals surface area contributed by atoms with E-state index in [1.807, 2.05) is 27.7 Å². The maximum absolute atomic E-state index is 11.2. The molecule has 0 aliphatic carbocycles. The summed E-state index contributed by atoms with van der Waals surface area (Å²) in [5, 5.41) is 9.48. The highest BCUT2D eigenvalue weighted by Gasteiger charge is 2.26. The molecule has 0 radical (unpaired) electrons. The number of aliphatic hydroxyl groups excluding tert-OH is 1. The van der Waals surface area contributed by atoms with Crippen LogP contribution in [0.15, 0.2) is 12.2 Å². The highest BCUT2D eigenvalue weighted by atomic mass is 16.3. The maximum Gasteiger partial charge on any atom is 0.184 e. The molecule has 0 saturated heterocycles. The van der Waals surface area contributed by atoms with E-state index in [-0.39, 0.29) is 11.2 Å². The second-order valence-corrected chi connectivity index (χ2v) is 3.98. The third kappa shape index (κ3) is 3.67. The second kappa shape index (κ2) is 4.41. The molecule has 1 atom stereocenters. The van der Waals surface area contributed by atoms with Crippen LogP contribution in [0.3, 0.4) is 0 Å². The van der Waals surface area contributed by atoms with Crippen LogP contribution in [0.4, 0.5) is 0 Å². The lowest BCUT2D eigenvalue weighted by Gasteiger charge is -2.23. The maximum atomic E-state index is 11.2. The number of rotatable bonds is 3. The van der Waals surface area contributed by atoms with Crippen molar-refractivity contribution in [1.29, 1.82) is 0 Å². The molecule has 2 heteroatoms. The van der Waals surface area contributed by atoms with Gasteiger partial charge in [-0.3, -0.25) is 4.79 Å². The molecular formula is C10H18O2. The lowest BCUT2D eigenvalue weighted by Crippen LogP contribution is -2.32. The number of ketones is 1. The van der Waals surface area contributed by atoms with Gasteiger partial charge in [-0.2, -0.15) is 0 Å². The van der Waals surface area contributed by atoms with Gasteiger partial charge in [0.1, 0.15) is 6.10 Å². The topological polar surface area (TPSA) is 37.3 Å². The lowest BCUT2D eigenvalue weighted by atomic mass is 9.86. The molecule has 0 rings (SSSR count). The number of carbonyl (C=O) groups is 1. The molecule has 0 saturated carbocycles. The van der Waals surface area contributed by atoms with Gasteiger partial charge in [0.05, 0.1) is 0 Å². The van der Waals surface area contributed by atoms with Crippen molar-refractivity contribution in [3.63, 3.8) is 0 Å². The highest BCUT2D eigenvalue weighted by Crippen LogP contribution is 2.19. The van der Waals surface area contributed by atoms with E-state index in [1.165, 1.54) is 6.08 Å². The molecule has 0 aromatic carbocycles. The number of aliphatic hydroxyl groups is 1. The Morgan fingerprint density at radius 1 is 1.50 bits per heavy atom. The highest BCUT2D eigenvalue weighted by molar-refractivity contribution is 5.93. The zero-order chi connectivity index (χ0) is 9.78. The Morgan fingerprint density at radius 2 is 2.00 bits per heavy atom. The van der Waals surface area contributed by atoms with Crippen LogP contribution >= 0.6 is 0 Å². The summed E-state index contributed by atoms with van der Waals surface area (Å²) in [6.45, 7) is 7.48. The fourth-order valence-electron chi connectivity index (χ4n) is 0.752. The van der Waals surface area contributed by atoms with Crippen molar-refractivity contribution in [2.75, 3.05) is 0 Å². The first-order chi connectivity index (χ1) is 5.39. The van der Waals surface area contributed by atoms with Crippen molar-refractivity contribution in [2.45, 2.75) is 40.2 Å². The van der Waals surface area contributed by atoms with Crippen LogP contribution in [0.25, 0.3) is 0 Å². The van der Waals surface area contributed by atoms with Gasteiger partial charge in [0.15, 0.2) is 5.78 Å². The number of hydrogen-bond donors (Lipinski definition) is 1. The summed E-state index contributed by atoms with van der Waals surface area (Å²) in [4.78, 5) is 11.2. The minimum atomic E-state index is -0.889. The standard InChI is InChI=1S/C10H18O2/c1-5-6-7-8(11)9(12)10(2,3)4/h6-7,9,12H,5H2,1-4H3/b7-6+/t9-/m1/s1. The monoisotopic (exact) mass is 170 g/mol. The molecular weight excluding hydrogens is 152 g/mol. The molecule has 0 aliphatic rings. The molecule has 0 aromatic heterocycles. The summed E-state index contributed by atoms with van der Waals surface area (Å²) in [5.41, 5.74) is -0.366. The summed E-state index contributed by atoms with van der Waals surface area (Å²) < 4.78 is 0. The molecule has 70 valence electrons. The van der Waals surface area contributed by atoms with Crippen molar-refractivity contribution in [3.05, 3.63) is 12.2 Å². The van der Waals surface area contributed by atoms with Crippen molar-refractivity contribution < 1.29 is 9.90 Å². The normalized spacial score (nSPS) is 15.1. The van der Waals surface area contributed by atoms with Crippen LogP contribution in [0.5, 0.6) is 0 Å². The molecule has 0 heterocycles. The van der Waals surface area contributed by atoms with Crippen LogP contribution < -0.4 is 0 Å². The van der Waals surface area contributed by atoms with Crippen LogP contribution in [-0.2, 0) is 4.79 Å². The van der Waals surface area contributed by atoms with Gasteiger partial charge in [-0.15, -0.1) is 0 Å². The van der Waals surface area contributed by atoms with Gasteiger partial charge in [-0.05, 0) is 17.9 Å². The first-order valence-electron chi connectivity index (χ1n) is 4.28. The van der Waals surface area contributed by atoms with Crippen LogP contribution in [0, 0.1) is 5.41 Å². The van der Waals surface area contributed by atoms with E-state index in [0.717, 1.165) is 6.42 Å². The summed E-state index contributed by atoms with van der Waals surface area (Å²) >= 11 is 0. The SMILES string of the molecule is CC/C=C/C(=O)[C@@H](O)C(C)(C)C. The second-order valence-electron chi connectivity index (χ2n) is 3.98. The predicted octanol–water partition coefficient (Wildman–Crippen LogP) is 1.93. The van der Waals surface area contributed by atoms with E-state index in [0.29, 0.717) is 0 Å². The van der Waals surface area contributed by atoms with E-state index in [2.05, 4.69) is 0 Å². The van der Waals surface area contributed by atoms with E-state index < -0.39 is 6.10 Å². The summed E-state index contributed by atoms with van der Waals surface area (Å²) in [7, 11) is 0. The van der Waals surface area contributed by atoms with Crippen LogP contribution in [0.1, 0.15) is 34.1 Å². The fraction of sp³-hybridized carbons (Fsp3) is 0.700. The molecule has 0 aliphatic heterocycles. The van der Waals surface area contributed by atoms with Gasteiger partial charge in [0, 0.05) is 0 Å². The summed E-state index contributed by atoms with van der Waals surface area (Å²) in [5.74, 6) is -0.204. The third-order valence-corrected chi connectivity index (χ3v) is 1.61. The molecule has 0 unspecified atom stereocenters. The Morgan fingerprint density at radius 3 is 2.33 bits per heavy atom. The van der Waals surface area contributed by atoms with Crippen LogP contribution in [-0.4, -0.2) is 17.0 Å². The largest absolute Gasteiger partial charge is 0.384 e. The Kier molecular flexibility index (Phi) is 4.18. The zero-order valence-corrected chi connectivity index (χ0v) is 8.29. The summed E-state index contributed by atoms with van der Waals surface area (Å²) in [6, 6.07) is 0. The van der Waals surface area contributed by atoms with E-state index in [9.17, 15) is 9.90 Å². The Balaban J connectivity index is 4.21. The number of hydrogen-bond acceptors (Lipinski definition) is 2. The molecule has 2 nitrogen and oxygen atoms in total. The smallest absolute Gasteiger partial charge is 0.184 e. The zero-order valence-electron chi connectivity index (χ0n) is 8.29. The van der Waals surface area contributed by atoms with Crippen molar-refractivity contribution in [2.24, 2.45) is 5.41 Å². The number of allylic oxidation sites excluding steroid dienone is 1. The molecule has 0 aromatic rings. The molecule has 12 heavy (non-hydrogen) atoms. The minimum Gasteiger partial charge on any atom is -0.384 e. The Hall–Kier alpha value is -0.630. The molecule has 0 fully saturated rings. The van der Waals surface area contributed by atoms with Gasteiger partial charge < -0.3 is 5.11 Å². The van der Waals surface area contributed by atoms with Gasteiger partial charge in [-0.1, -0.05) is 33.8 Å². The first kappa shape index (κ1) is 11.4. The van der Waals surface area contributed by atoms with Crippen molar-refractivity contribution in [3.8, 4) is 0 Å². The number of carbonyl (C=O) groups excluding carboxylic acids is 1. The lowest BCUT2D eigenvalue weighted by molar-refractivity contribution is -0.127.